The van der Waals surface area contributed by atoms with Crippen LogP contribution in [0.2, 0.25) is 0 Å². The van der Waals surface area contributed by atoms with Gasteiger partial charge >= 0.3 is 0 Å². The summed E-state index contributed by atoms with van der Waals surface area (Å²) < 4.78 is 0. The Labute approximate surface area is 121 Å². The van der Waals surface area contributed by atoms with Crippen LogP contribution in [-0.2, 0) is 0 Å². The highest BCUT2D eigenvalue weighted by atomic mass is 15.2. The van der Waals surface area contributed by atoms with Gasteiger partial charge in [-0.05, 0) is 31.1 Å². The third-order valence-electron chi connectivity index (χ3n) is 4.32. The highest BCUT2D eigenvalue weighted by Crippen LogP contribution is 2.19. The zero-order valence-electron chi connectivity index (χ0n) is 13.9. The number of hydrogen-bond donors (Lipinski definition) is 1. The maximum atomic E-state index is 3.77. The standard InChI is InChI=1S/C17H36N2/c1-6-8-15(5)12-19-13-16(9-7-2)18-11-17(19)10-14(3)4/h14-18H,6-13H2,1-5H3. The molecule has 0 spiro atoms. The SMILES string of the molecule is CCCC(C)CN1CC(CCC)NCC1CC(C)C. The maximum Gasteiger partial charge on any atom is 0.0223 e. The molecular weight excluding hydrogens is 232 g/mol. The topological polar surface area (TPSA) is 15.3 Å². The van der Waals surface area contributed by atoms with E-state index in [0.717, 1.165) is 23.9 Å². The third kappa shape index (κ3) is 6.27. The van der Waals surface area contributed by atoms with Crippen molar-refractivity contribution in [1.29, 1.82) is 0 Å². The first-order chi connectivity index (χ1) is 9.06. The van der Waals surface area contributed by atoms with E-state index in [0.29, 0.717) is 0 Å². The molecule has 19 heavy (non-hydrogen) atoms. The molecule has 1 rings (SSSR count). The summed E-state index contributed by atoms with van der Waals surface area (Å²) in [5, 5.41) is 3.77. The van der Waals surface area contributed by atoms with Crippen LogP contribution in [0, 0.1) is 11.8 Å². The van der Waals surface area contributed by atoms with Crippen LogP contribution in [-0.4, -0.2) is 36.6 Å². The van der Waals surface area contributed by atoms with Gasteiger partial charge in [-0.3, -0.25) is 4.90 Å². The summed E-state index contributed by atoms with van der Waals surface area (Å²) in [4.78, 5) is 2.79. The van der Waals surface area contributed by atoms with E-state index in [4.69, 9.17) is 0 Å². The lowest BCUT2D eigenvalue weighted by atomic mass is 9.95. The average molecular weight is 268 g/mol. The third-order valence-corrected chi connectivity index (χ3v) is 4.32. The molecule has 1 heterocycles. The van der Waals surface area contributed by atoms with E-state index >= 15 is 0 Å². The van der Waals surface area contributed by atoms with Gasteiger partial charge < -0.3 is 5.32 Å². The molecule has 0 aromatic rings. The van der Waals surface area contributed by atoms with E-state index in [-0.39, 0.29) is 0 Å². The molecular formula is C17H36N2. The van der Waals surface area contributed by atoms with Gasteiger partial charge in [0, 0.05) is 31.7 Å². The number of rotatable bonds is 8. The number of nitrogens with zero attached hydrogens (tertiary/aromatic N) is 1. The van der Waals surface area contributed by atoms with Gasteiger partial charge in [0.2, 0.25) is 0 Å². The molecule has 0 saturated carbocycles. The Hall–Kier alpha value is -0.0800. The Balaban J connectivity index is 2.54. The van der Waals surface area contributed by atoms with Gasteiger partial charge in [-0.1, -0.05) is 47.5 Å². The molecule has 1 aliphatic heterocycles. The second-order valence-corrected chi connectivity index (χ2v) is 7.02. The summed E-state index contributed by atoms with van der Waals surface area (Å²) in [7, 11) is 0. The van der Waals surface area contributed by atoms with Crippen LogP contribution in [0.1, 0.15) is 66.7 Å². The number of piperazine rings is 1. The number of nitrogens with one attached hydrogen (secondary N) is 1. The molecule has 0 bridgehead atoms. The minimum absolute atomic E-state index is 0.724. The molecule has 0 aliphatic carbocycles. The first-order valence-electron chi connectivity index (χ1n) is 8.54. The molecule has 2 nitrogen and oxygen atoms in total. The van der Waals surface area contributed by atoms with E-state index in [2.05, 4.69) is 44.8 Å². The molecule has 3 atom stereocenters. The maximum absolute atomic E-state index is 3.77. The van der Waals surface area contributed by atoms with E-state index in [1.54, 1.807) is 0 Å². The lowest BCUT2D eigenvalue weighted by molar-refractivity contribution is 0.0940. The molecule has 3 unspecified atom stereocenters. The fraction of sp³-hybridized carbons (Fsp3) is 1.00. The lowest BCUT2D eigenvalue weighted by Crippen LogP contribution is -2.57. The summed E-state index contributed by atoms with van der Waals surface area (Å²) in [6, 6.07) is 1.48. The van der Waals surface area contributed by atoms with E-state index in [9.17, 15) is 0 Å². The zero-order valence-corrected chi connectivity index (χ0v) is 13.9. The smallest absolute Gasteiger partial charge is 0.0223 e. The molecule has 114 valence electrons. The van der Waals surface area contributed by atoms with Crippen LogP contribution in [0.15, 0.2) is 0 Å². The normalized spacial score (nSPS) is 26.8. The van der Waals surface area contributed by atoms with Crippen LogP contribution in [0.25, 0.3) is 0 Å². The monoisotopic (exact) mass is 268 g/mol. The van der Waals surface area contributed by atoms with Gasteiger partial charge in [-0.2, -0.15) is 0 Å². The molecule has 0 aromatic carbocycles. The van der Waals surface area contributed by atoms with Crippen molar-refractivity contribution in [3.63, 3.8) is 0 Å². The molecule has 0 radical (unpaired) electrons. The molecule has 0 amide bonds. The molecule has 0 aromatic heterocycles. The lowest BCUT2D eigenvalue weighted by Gasteiger charge is -2.42. The summed E-state index contributed by atoms with van der Waals surface area (Å²) >= 11 is 0. The second-order valence-electron chi connectivity index (χ2n) is 7.02. The van der Waals surface area contributed by atoms with E-state index < -0.39 is 0 Å². The molecule has 1 saturated heterocycles. The highest BCUT2D eigenvalue weighted by molar-refractivity contribution is 4.87. The second kappa shape index (κ2) is 8.97. The predicted molar refractivity (Wildman–Crippen MR) is 85.6 cm³/mol. The van der Waals surface area contributed by atoms with E-state index in [1.165, 1.54) is 51.7 Å². The van der Waals surface area contributed by atoms with Crippen molar-refractivity contribution in [3.8, 4) is 0 Å². The van der Waals surface area contributed by atoms with Crippen molar-refractivity contribution < 1.29 is 0 Å². The van der Waals surface area contributed by atoms with E-state index in [1.807, 2.05) is 0 Å². The van der Waals surface area contributed by atoms with Crippen LogP contribution in [0.3, 0.4) is 0 Å². The van der Waals surface area contributed by atoms with Crippen molar-refractivity contribution in [2.24, 2.45) is 11.8 Å². The predicted octanol–water partition coefficient (Wildman–Crippen LogP) is 3.91. The Morgan fingerprint density at radius 3 is 2.47 bits per heavy atom. The Bertz CT molecular complexity index is 225. The van der Waals surface area contributed by atoms with Crippen LogP contribution in [0.5, 0.6) is 0 Å². The summed E-state index contributed by atoms with van der Waals surface area (Å²) in [6.45, 7) is 15.5. The van der Waals surface area contributed by atoms with Crippen molar-refractivity contribution in [2.75, 3.05) is 19.6 Å². The van der Waals surface area contributed by atoms with Gasteiger partial charge in [-0.25, -0.2) is 0 Å². The van der Waals surface area contributed by atoms with Crippen LogP contribution >= 0.6 is 0 Å². The Kier molecular flexibility index (Phi) is 8.01. The minimum atomic E-state index is 0.724. The van der Waals surface area contributed by atoms with Crippen LogP contribution in [0.4, 0.5) is 0 Å². The zero-order chi connectivity index (χ0) is 14.3. The van der Waals surface area contributed by atoms with Gasteiger partial charge in [0.1, 0.15) is 0 Å². The van der Waals surface area contributed by atoms with Crippen molar-refractivity contribution in [2.45, 2.75) is 78.8 Å². The fourth-order valence-corrected chi connectivity index (χ4v) is 3.45. The quantitative estimate of drug-likeness (QED) is 0.718. The Morgan fingerprint density at radius 2 is 1.89 bits per heavy atom. The highest BCUT2D eigenvalue weighted by Gasteiger charge is 2.28. The average Bonchev–Trinajstić information content (AvgIpc) is 2.32. The van der Waals surface area contributed by atoms with Gasteiger partial charge in [-0.15, -0.1) is 0 Å². The van der Waals surface area contributed by atoms with Gasteiger partial charge in [0.25, 0.3) is 0 Å². The number of hydrogen-bond acceptors (Lipinski definition) is 2. The largest absolute Gasteiger partial charge is 0.311 e. The fourth-order valence-electron chi connectivity index (χ4n) is 3.45. The van der Waals surface area contributed by atoms with Crippen molar-refractivity contribution in [3.05, 3.63) is 0 Å². The summed E-state index contributed by atoms with van der Waals surface area (Å²) in [5.74, 6) is 1.65. The summed E-state index contributed by atoms with van der Waals surface area (Å²) in [6.07, 6.45) is 6.65. The molecule has 1 aliphatic rings. The molecule has 1 fully saturated rings. The molecule has 2 heteroatoms. The first-order valence-corrected chi connectivity index (χ1v) is 8.54. The van der Waals surface area contributed by atoms with Crippen molar-refractivity contribution >= 4 is 0 Å². The molecule has 1 N–H and O–H groups in total. The Morgan fingerprint density at radius 1 is 1.16 bits per heavy atom. The minimum Gasteiger partial charge on any atom is -0.311 e. The van der Waals surface area contributed by atoms with Crippen LogP contribution < -0.4 is 5.32 Å². The van der Waals surface area contributed by atoms with Gasteiger partial charge in [0.05, 0.1) is 0 Å². The summed E-state index contributed by atoms with van der Waals surface area (Å²) in [5.41, 5.74) is 0. The first kappa shape index (κ1) is 17.0. The van der Waals surface area contributed by atoms with Crippen molar-refractivity contribution in [1.82, 2.24) is 10.2 Å². The van der Waals surface area contributed by atoms with Gasteiger partial charge in [0.15, 0.2) is 0 Å².